The molecule has 14 heavy (non-hydrogen) atoms. The summed E-state index contributed by atoms with van der Waals surface area (Å²) in [6, 6.07) is 2.12. The highest BCUT2D eigenvalue weighted by atomic mass is 16.7. The molecule has 1 N–H and O–H groups in total. The topological polar surface area (TPSA) is 54.3 Å². The van der Waals surface area contributed by atoms with Crippen molar-refractivity contribution >= 4 is 0 Å². The van der Waals surface area contributed by atoms with Crippen LogP contribution >= 0.6 is 0 Å². The molecule has 0 amide bonds. The van der Waals surface area contributed by atoms with Crippen molar-refractivity contribution in [1.82, 2.24) is 5.32 Å². The van der Waals surface area contributed by atoms with E-state index in [0.29, 0.717) is 18.9 Å². The van der Waals surface area contributed by atoms with Gasteiger partial charge in [0.05, 0.1) is 25.2 Å². The van der Waals surface area contributed by atoms with Crippen molar-refractivity contribution in [3.8, 4) is 6.07 Å². The average molecular weight is 196 g/mol. The SMILES string of the molecule is CC1(C2CCNC2)OCC(CC#N)O1. The van der Waals surface area contributed by atoms with E-state index in [1.54, 1.807) is 0 Å². The third-order valence-electron chi connectivity index (χ3n) is 3.08. The van der Waals surface area contributed by atoms with E-state index in [-0.39, 0.29) is 6.10 Å². The molecule has 3 unspecified atom stereocenters. The molecule has 0 aromatic rings. The van der Waals surface area contributed by atoms with Crippen LogP contribution in [0.2, 0.25) is 0 Å². The summed E-state index contributed by atoms with van der Waals surface area (Å²) in [6.45, 7) is 4.54. The molecule has 2 saturated heterocycles. The number of ether oxygens (including phenoxy) is 2. The molecule has 0 bridgehead atoms. The standard InChI is InChI=1S/C10H16N2O2/c1-10(8-3-5-12-6-8)13-7-9(14-10)2-4-11/h8-9,12H,2-3,5-7H2,1H3. The lowest BCUT2D eigenvalue weighted by Gasteiger charge is -2.29. The second kappa shape index (κ2) is 3.85. The van der Waals surface area contributed by atoms with Gasteiger partial charge in [0.2, 0.25) is 0 Å². The Bertz CT molecular complexity index is 245. The van der Waals surface area contributed by atoms with Crippen molar-refractivity contribution in [3.05, 3.63) is 0 Å². The first-order chi connectivity index (χ1) is 6.74. The number of nitrogens with one attached hydrogen (secondary N) is 1. The highest BCUT2D eigenvalue weighted by Gasteiger charge is 2.44. The molecule has 0 saturated carbocycles. The molecular weight excluding hydrogens is 180 g/mol. The number of nitrogens with zero attached hydrogens (tertiary/aromatic N) is 1. The van der Waals surface area contributed by atoms with Gasteiger partial charge in [0.25, 0.3) is 0 Å². The summed E-state index contributed by atoms with van der Waals surface area (Å²) in [5.74, 6) is -0.0448. The Morgan fingerprint density at radius 1 is 1.64 bits per heavy atom. The lowest BCUT2D eigenvalue weighted by molar-refractivity contribution is -0.186. The molecule has 0 spiro atoms. The van der Waals surface area contributed by atoms with Crippen LogP contribution in [0, 0.1) is 17.2 Å². The van der Waals surface area contributed by atoms with Crippen molar-refractivity contribution in [2.45, 2.75) is 31.7 Å². The summed E-state index contributed by atoms with van der Waals surface area (Å²) in [4.78, 5) is 0. The Morgan fingerprint density at radius 3 is 3.14 bits per heavy atom. The Morgan fingerprint density at radius 2 is 2.50 bits per heavy atom. The summed E-state index contributed by atoms with van der Waals surface area (Å²) in [5, 5.41) is 11.9. The largest absolute Gasteiger partial charge is 0.347 e. The normalized spacial score (nSPS) is 42.6. The lowest BCUT2D eigenvalue weighted by Crippen LogP contribution is -2.37. The predicted octanol–water partition coefficient (Wildman–Crippen LogP) is 0.641. The van der Waals surface area contributed by atoms with Crippen LogP contribution in [0.25, 0.3) is 0 Å². The van der Waals surface area contributed by atoms with Gasteiger partial charge in [0.1, 0.15) is 0 Å². The molecule has 2 fully saturated rings. The van der Waals surface area contributed by atoms with Crippen molar-refractivity contribution in [1.29, 1.82) is 5.26 Å². The van der Waals surface area contributed by atoms with Crippen LogP contribution in [0.3, 0.4) is 0 Å². The highest BCUT2D eigenvalue weighted by molar-refractivity contribution is 4.89. The van der Waals surface area contributed by atoms with Gasteiger partial charge in [0, 0.05) is 12.5 Å². The van der Waals surface area contributed by atoms with E-state index in [9.17, 15) is 0 Å². The fourth-order valence-corrected chi connectivity index (χ4v) is 2.18. The molecular formula is C10H16N2O2. The summed E-state index contributed by atoms with van der Waals surface area (Å²) >= 11 is 0. The predicted molar refractivity (Wildman–Crippen MR) is 50.4 cm³/mol. The number of hydrogen-bond acceptors (Lipinski definition) is 4. The molecule has 2 aliphatic rings. The van der Waals surface area contributed by atoms with Gasteiger partial charge in [-0.1, -0.05) is 0 Å². The Labute approximate surface area is 84.2 Å². The molecule has 4 heteroatoms. The maximum absolute atomic E-state index is 8.56. The van der Waals surface area contributed by atoms with Gasteiger partial charge in [0.15, 0.2) is 5.79 Å². The van der Waals surface area contributed by atoms with E-state index in [4.69, 9.17) is 14.7 Å². The number of hydrogen-bond donors (Lipinski definition) is 1. The van der Waals surface area contributed by atoms with Crippen LogP contribution < -0.4 is 5.32 Å². The smallest absolute Gasteiger partial charge is 0.170 e. The minimum Gasteiger partial charge on any atom is -0.347 e. The van der Waals surface area contributed by atoms with Crippen LogP contribution in [0.4, 0.5) is 0 Å². The number of rotatable bonds is 2. The van der Waals surface area contributed by atoms with Crippen LogP contribution in [-0.4, -0.2) is 31.6 Å². The lowest BCUT2D eigenvalue weighted by atomic mass is 9.99. The van der Waals surface area contributed by atoms with Crippen molar-refractivity contribution < 1.29 is 9.47 Å². The van der Waals surface area contributed by atoms with Gasteiger partial charge in [-0.2, -0.15) is 5.26 Å². The van der Waals surface area contributed by atoms with Gasteiger partial charge >= 0.3 is 0 Å². The second-order valence-electron chi connectivity index (χ2n) is 4.12. The maximum atomic E-state index is 8.56. The Hall–Kier alpha value is -0.630. The number of nitriles is 1. The second-order valence-corrected chi connectivity index (χ2v) is 4.12. The van der Waals surface area contributed by atoms with Crippen molar-refractivity contribution in [3.63, 3.8) is 0 Å². The van der Waals surface area contributed by atoms with Gasteiger partial charge in [-0.25, -0.2) is 0 Å². The average Bonchev–Trinajstić information content (AvgIpc) is 2.75. The van der Waals surface area contributed by atoms with Gasteiger partial charge in [-0.05, 0) is 19.9 Å². The molecule has 0 aromatic carbocycles. The monoisotopic (exact) mass is 196 g/mol. The molecule has 0 aliphatic carbocycles. The first kappa shape index (κ1) is 9.91. The zero-order valence-corrected chi connectivity index (χ0v) is 8.45. The van der Waals surface area contributed by atoms with Gasteiger partial charge < -0.3 is 14.8 Å². The summed E-state index contributed by atoms with van der Waals surface area (Å²) in [5.41, 5.74) is 0. The third-order valence-corrected chi connectivity index (χ3v) is 3.08. The van der Waals surface area contributed by atoms with Gasteiger partial charge in [-0.3, -0.25) is 0 Å². The zero-order valence-electron chi connectivity index (χ0n) is 8.45. The van der Waals surface area contributed by atoms with E-state index in [1.165, 1.54) is 0 Å². The summed E-state index contributed by atoms with van der Waals surface area (Å²) in [7, 11) is 0. The molecule has 78 valence electrons. The molecule has 2 heterocycles. The molecule has 3 atom stereocenters. The molecule has 2 rings (SSSR count). The minimum atomic E-state index is -0.467. The van der Waals surface area contributed by atoms with E-state index in [1.807, 2.05) is 6.92 Å². The first-order valence-electron chi connectivity index (χ1n) is 5.14. The third kappa shape index (κ3) is 1.76. The van der Waals surface area contributed by atoms with Crippen LogP contribution in [0.1, 0.15) is 19.8 Å². The molecule has 2 aliphatic heterocycles. The maximum Gasteiger partial charge on any atom is 0.170 e. The zero-order chi connectivity index (χ0) is 10.0. The summed E-state index contributed by atoms with van der Waals surface area (Å²) < 4.78 is 11.5. The summed E-state index contributed by atoms with van der Waals surface area (Å²) in [6.07, 6.45) is 1.48. The van der Waals surface area contributed by atoms with Crippen LogP contribution in [0.15, 0.2) is 0 Å². The highest BCUT2D eigenvalue weighted by Crippen LogP contribution is 2.34. The molecule has 0 radical (unpaired) electrons. The Balaban J connectivity index is 1.94. The van der Waals surface area contributed by atoms with E-state index in [0.717, 1.165) is 19.5 Å². The van der Waals surface area contributed by atoms with E-state index >= 15 is 0 Å². The fourth-order valence-electron chi connectivity index (χ4n) is 2.18. The van der Waals surface area contributed by atoms with Gasteiger partial charge in [-0.15, -0.1) is 0 Å². The van der Waals surface area contributed by atoms with Crippen LogP contribution in [0.5, 0.6) is 0 Å². The van der Waals surface area contributed by atoms with E-state index in [2.05, 4.69) is 11.4 Å². The first-order valence-corrected chi connectivity index (χ1v) is 5.14. The fraction of sp³-hybridized carbons (Fsp3) is 0.900. The molecule has 0 aromatic heterocycles. The van der Waals surface area contributed by atoms with E-state index < -0.39 is 5.79 Å². The van der Waals surface area contributed by atoms with Crippen LogP contribution in [-0.2, 0) is 9.47 Å². The van der Waals surface area contributed by atoms with Crippen molar-refractivity contribution in [2.75, 3.05) is 19.7 Å². The minimum absolute atomic E-state index is 0.0365. The van der Waals surface area contributed by atoms with Crippen molar-refractivity contribution in [2.24, 2.45) is 5.92 Å². The Kier molecular flexibility index (Phi) is 2.73. The quantitative estimate of drug-likeness (QED) is 0.704. The molecule has 4 nitrogen and oxygen atoms in total.